The van der Waals surface area contributed by atoms with E-state index in [1.165, 1.54) is 5.01 Å². The van der Waals surface area contributed by atoms with Gasteiger partial charge in [0.25, 0.3) is 11.8 Å². The summed E-state index contributed by atoms with van der Waals surface area (Å²) in [6.07, 6.45) is 1.65. The number of nitrogens with zero attached hydrogens (tertiary/aromatic N) is 2. The lowest BCUT2D eigenvalue weighted by atomic mass is 10.0. The van der Waals surface area contributed by atoms with Crippen molar-refractivity contribution in [1.29, 1.82) is 0 Å². The van der Waals surface area contributed by atoms with E-state index in [1.54, 1.807) is 43.6 Å². The normalized spacial score (nSPS) is 11.1. The lowest BCUT2D eigenvalue weighted by Crippen LogP contribution is -2.55. The van der Waals surface area contributed by atoms with Crippen LogP contribution < -0.4 is 10.2 Å². The largest absolute Gasteiger partial charge is 0.497 e. The van der Waals surface area contributed by atoms with Gasteiger partial charge in [0.1, 0.15) is 5.75 Å². The maximum absolute atomic E-state index is 13.3. The Kier molecular flexibility index (Phi) is 5.31. The zero-order valence-corrected chi connectivity index (χ0v) is 16.4. The van der Waals surface area contributed by atoms with Gasteiger partial charge < -0.3 is 4.74 Å². The number of nitrogens with one attached hydrogen (secondary N) is 1. The smallest absolute Gasteiger partial charge is 0.274 e. The van der Waals surface area contributed by atoms with Gasteiger partial charge in [0, 0.05) is 17.1 Å². The van der Waals surface area contributed by atoms with Crippen LogP contribution in [0.25, 0.3) is 10.9 Å². The lowest BCUT2D eigenvalue weighted by Gasteiger charge is -2.35. The molecule has 0 fully saturated rings. The van der Waals surface area contributed by atoms with Crippen LogP contribution in [0.1, 0.15) is 41.5 Å². The van der Waals surface area contributed by atoms with E-state index in [0.717, 1.165) is 5.39 Å². The Morgan fingerprint density at radius 1 is 1.00 bits per heavy atom. The molecule has 0 spiro atoms. The van der Waals surface area contributed by atoms with E-state index in [1.807, 2.05) is 45.0 Å². The second-order valence-corrected chi connectivity index (χ2v) is 7.36. The van der Waals surface area contributed by atoms with Gasteiger partial charge in [-0.15, -0.1) is 0 Å². The SMILES string of the molecule is COc1ccc(C(=O)NN(C(=O)c2cccc3cccnc23)C(C)(C)C)cc1. The summed E-state index contributed by atoms with van der Waals surface area (Å²) in [6.45, 7) is 5.58. The summed E-state index contributed by atoms with van der Waals surface area (Å²) in [4.78, 5) is 30.4. The predicted octanol–water partition coefficient (Wildman–Crippen LogP) is 3.83. The fourth-order valence-electron chi connectivity index (χ4n) is 2.83. The van der Waals surface area contributed by atoms with Gasteiger partial charge in [-0.25, -0.2) is 5.01 Å². The van der Waals surface area contributed by atoms with Crippen LogP contribution >= 0.6 is 0 Å². The fourth-order valence-corrected chi connectivity index (χ4v) is 2.83. The quantitative estimate of drug-likeness (QED) is 0.704. The van der Waals surface area contributed by atoms with Crippen molar-refractivity contribution in [2.45, 2.75) is 26.3 Å². The Morgan fingerprint density at radius 2 is 1.68 bits per heavy atom. The van der Waals surface area contributed by atoms with Crippen molar-refractivity contribution < 1.29 is 14.3 Å². The minimum absolute atomic E-state index is 0.321. The summed E-state index contributed by atoms with van der Waals surface area (Å²) in [7, 11) is 1.56. The highest BCUT2D eigenvalue weighted by Gasteiger charge is 2.30. The van der Waals surface area contributed by atoms with Crippen molar-refractivity contribution >= 4 is 22.7 Å². The second-order valence-electron chi connectivity index (χ2n) is 7.36. The van der Waals surface area contributed by atoms with Gasteiger partial charge in [-0.1, -0.05) is 18.2 Å². The summed E-state index contributed by atoms with van der Waals surface area (Å²) in [5.74, 6) is -0.0417. The molecule has 0 bridgehead atoms. The number of hydrogen-bond acceptors (Lipinski definition) is 4. The van der Waals surface area contributed by atoms with Gasteiger partial charge in [-0.3, -0.25) is 20.0 Å². The summed E-state index contributed by atoms with van der Waals surface area (Å²) in [5, 5.41) is 2.21. The highest BCUT2D eigenvalue weighted by atomic mass is 16.5. The number of aromatic nitrogens is 1. The van der Waals surface area contributed by atoms with Crippen LogP contribution in [0.15, 0.2) is 60.8 Å². The van der Waals surface area contributed by atoms with Gasteiger partial charge in [-0.2, -0.15) is 0 Å². The average molecular weight is 377 g/mol. The molecule has 0 aliphatic heterocycles. The Morgan fingerprint density at radius 3 is 2.32 bits per heavy atom. The van der Waals surface area contributed by atoms with Crippen molar-refractivity contribution in [2.75, 3.05) is 7.11 Å². The second kappa shape index (κ2) is 7.68. The Bertz CT molecular complexity index is 1000. The molecule has 6 nitrogen and oxygen atoms in total. The van der Waals surface area contributed by atoms with Crippen LogP contribution in [0.3, 0.4) is 0 Å². The summed E-state index contributed by atoms with van der Waals surface area (Å²) >= 11 is 0. The highest BCUT2D eigenvalue weighted by molar-refractivity contribution is 6.06. The maximum Gasteiger partial charge on any atom is 0.274 e. The number of rotatable bonds is 3. The third kappa shape index (κ3) is 3.96. The van der Waals surface area contributed by atoms with E-state index in [0.29, 0.717) is 22.4 Å². The van der Waals surface area contributed by atoms with Crippen molar-refractivity contribution in [2.24, 2.45) is 0 Å². The molecule has 0 saturated heterocycles. The molecule has 0 aliphatic carbocycles. The molecule has 6 heteroatoms. The maximum atomic E-state index is 13.3. The lowest BCUT2D eigenvalue weighted by molar-refractivity contribution is 0.0360. The molecule has 0 atom stereocenters. The number of para-hydroxylation sites is 1. The standard InChI is InChI=1S/C22H23N3O3/c1-22(2,3)25(24-20(26)16-10-12-17(28-4)13-11-16)21(27)18-9-5-7-15-8-6-14-23-19(15)18/h5-14H,1-4H3,(H,24,26). The molecule has 2 amide bonds. The molecule has 3 aromatic rings. The van der Waals surface area contributed by atoms with E-state index < -0.39 is 5.54 Å². The molecular weight excluding hydrogens is 354 g/mol. The number of amides is 2. The minimum Gasteiger partial charge on any atom is -0.497 e. The highest BCUT2D eigenvalue weighted by Crippen LogP contribution is 2.21. The number of benzene rings is 2. The number of hydrazine groups is 1. The van der Waals surface area contributed by atoms with Crippen LogP contribution in [-0.2, 0) is 0 Å². The number of methoxy groups -OCH3 is 1. The number of carbonyl (C=O) groups is 2. The first-order valence-electron chi connectivity index (χ1n) is 8.94. The van der Waals surface area contributed by atoms with Crippen LogP contribution in [0, 0.1) is 0 Å². The first-order chi connectivity index (χ1) is 13.3. The Labute approximate surface area is 164 Å². The number of hydrogen-bond donors (Lipinski definition) is 1. The molecule has 2 aromatic carbocycles. The van der Waals surface area contributed by atoms with Gasteiger partial charge in [-0.05, 0) is 57.2 Å². The average Bonchev–Trinajstić information content (AvgIpc) is 2.70. The number of fused-ring (bicyclic) bond motifs is 1. The Hall–Kier alpha value is -3.41. The Balaban J connectivity index is 1.93. The van der Waals surface area contributed by atoms with Crippen LogP contribution in [-0.4, -0.2) is 34.5 Å². The van der Waals surface area contributed by atoms with Gasteiger partial charge in [0.05, 0.1) is 23.7 Å². The summed E-state index contributed by atoms with van der Waals surface area (Å²) in [6, 6.07) is 15.9. The van der Waals surface area contributed by atoms with E-state index in [-0.39, 0.29) is 11.8 Å². The summed E-state index contributed by atoms with van der Waals surface area (Å²) in [5.41, 5.74) is 3.57. The first-order valence-corrected chi connectivity index (χ1v) is 8.94. The number of ether oxygens (including phenoxy) is 1. The molecule has 1 heterocycles. The molecule has 0 radical (unpaired) electrons. The zero-order chi connectivity index (χ0) is 20.3. The van der Waals surface area contributed by atoms with Crippen LogP contribution in [0.5, 0.6) is 5.75 Å². The molecule has 1 N–H and O–H groups in total. The van der Waals surface area contributed by atoms with Crippen LogP contribution in [0.2, 0.25) is 0 Å². The van der Waals surface area contributed by atoms with Crippen molar-refractivity contribution in [1.82, 2.24) is 15.4 Å². The van der Waals surface area contributed by atoms with Crippen molar-refractivity contribution in [3.8, 4) is 5.75 Å². The summed E-state index contributed by atoms with van der Waals surface area (Å²) < 4.78 is 5.12. The molecule has 0 unspecified atom stereocenters. The minimum atomic E-state index is -0.643. The molecule has 0 aliphatic rings. The predicted molar refractivity (Wildman–Crippen MR) is 108 cm³/mol. The monoisotopic (exact) mass is 377 g/mol. The van der Waals surface area contributed by atoms with Gasteiger partial charge in [0.2, 0.25) is 0 Å². The van der Waals surface area contributed by atoms with E-state index in [9.17, 15) is 9.59 Å². The van der Waals surface area contributed by atoms with E-state index in [4.69, 9.17) is 4.74 Å². The van der Waals surface area contributed by atoms with Crippen molar-refractivity contribution in [3.05, 3.63) is 71.9 Å². The zero-order valence-electron chi connectivity index (χ0n) is 16.4. The molecular formula is C22H23N3O3. The molecule has 1 aromatic heterocycles. The molecule has 144 valence electrons. The molecule has 3 rings (SSSR count). The van der Waals surface area contributed by atoms with E-state index >= 15 is 0 Å². The number of carbonyl (C=O) groups excluding carboxylic acids is 2. The van der Waals surface area contributed by atoms with Crippen LogP contribution in [0.4, 0.5) is 0 Å². The number of pyridine rings is 1. The van der Waals surface area contributed by atoms with Gasteiger partial charge >= 0.3 is 0 Å². The fraction of sp³-hybridized carbons (Fsp3) is 0.227. The molecule has 28 heavy (non-hydrogen) atoms. The topological polar surface area (TPSA) is 71.5 Å². The van der Waals surface area contributed by atoms with Gasteiger partial charge in [0.15, 0.2) is 0 Å². The van der Waals surface area contributed by atoms with Crippen molar-refractivity contribution in [3.63, 3.8) is 0 Å². The first kappa shape index (κ1) is 19.4. The molecule has 0 saturated carbocycles. The third-order valence-electron chi connectivity index (χ3n) is 4.30. The van der Waals surface area contributed by atoms with E-state index in [2.05, 4.69) is 10.4 Å². The third-order valence-corrected chi connectivity index (χ3v) is 4.30.